The van der Waals surface area contributed by atoms with Crippen LogP contribution >= 0.6 is 11.3 Å². The Hall–Kier alpha value is -3.04. The second-order valence-electron chi connectivity index (χ2n) is 9.46. The summed E-state index contributed by atoms with van der Waals surface area (Å²) in [5.74, 6) is -0.923. The number of Topliss-reactive ketones (excluding diaryl/α,β-unsaturated/α-hetero) is 2. The van der Waals surface area contributed by atoms with Crippen LogP contribution in [-0.2, 0) is 0 Å². The molecule has 2 nitrogen and oxygen atoms in total. The molecule has 0 radical (unpaired) electrons. The lowest BCUT2D eigenvalue weighted by atomic mass is 9.85. The highest BCUT2D eigenvalue weighted by Gasteiger charge is 2.24. The van der Waals surface area contributed by atoms with Crippen molar-refractivity contribution in [2.45, 2.75) is 58.8 Å². The number of thiophene rings is 1. The predicted molar refractivity (Wildman–Crippen MR) is 142 cm³/mol. The van der Waals surface area contributed by atoms with Crippen LogP contribution in [0.5, 0.6) is 0 Å². The van der Waals surface area contributed by atoms with Crippen LogP contribution in [0.25, 0.3) is 16.0 Å². The molecule has 172 valence electrons. The van der Waals surface area contributed by atoms with Gasteiger partial charge in [0.25, 0.3) is 0 Å². The summed E-state index contributed by atoms with van der Waals surface area (Å²) in [7, 11) is 0. The van der Waals surface area contributed by atoms with Crippen LogP contribution in [-0.4, -0.2) is 11.6 Å². The first-order chi connectivity index (χ1) is 16.5. The maximum absolute atomic E-state index is 12.7. The van der Waals surface area contributed by atoms with Gasteiger partial charge in [-0.3, -0.25) is 9.59 Å². The fourth-order valence-electron chi connectivity index (χ4n) is 5.40. The fraction of sp³-hybridized carbons (Fsp3) is 0.290. The Morgan fingerprint density at radius 2 is 1.29 bits per heavy atom. The van der Waals surface area contributed by atoms with E-state index in [1.54, 1.807) is 58.7 Å². The van der Waals surface area contributed by atoms with Crippen LogP contribution in [0.15, 0.2) is 77.4 Å². The molecule has 0 saturated heterocycles. The molecule has 3 heteroatoms. The molecular formula is C31H30O2S. The van der Waals surface area contributed by atoms with Gasteiger partial charge in [0.1, 0.15) is 0 Å². The topological polar surface area (TPSA) is 34.1 Å². The van der Waals surface area contributed by atoms with Gasteiger partial charge in [0.05, 0.1) is 0 Å². The zero-order valence-corrected chi connectivity index (χ0v) is 20.8. The van der Waals surface area contributed by atoms with Crippen LogP contribution in [0.4, 0.5) is 0 Å². The molecule has 0 unspecified atom stereocenters. The molecular weight excluding hydrogens is 436 g/mol. The highest BCUT2D eigenvalue weighted by Crippen LogP contribution is 2.45. The maximum Gasteiger partial charge on any atom is 0.233 e. The number of benzene rings is 2. The van der Waals surface area contributed by atoms with Gasteiger partial charge in [0.15, 0.2) is 0 Å². The van der Waals surface area contributed by atoms with E-state index in [4.69, 9.17) is 0 Å². The number of carbonyl (C=O) groups excluding carboxylic acids is 2. The number of carbonyl (C=O) groups is 2. The Kier molecular flexibility index (Phi) is 6.47. The fourth-order valence-corrected chi connectivity index (χ4v) is 6.45. The lowest BCUT2D eigenvalue weighted by Crippen LogP contribution is -2.14. The van der Waals surface area contributed by atoms with Crippen LogP contribution < -0.4 is 0 Å². The van der Waals surface area contributed by atoms with Gasteiger partial charge < -0.3 is 0 Å². The highest BCUT2D eigenvalue weighted by molar-refractivity contribution is 7.15. The van der Waals surface area contributed by atoms with Gasteiger partial charge >= 0.3 is 0 Å². The Labute approximate surface area is 206 Å². The average molecular weight is 467 g/mol. The van der Waals surface area contributed by atoms with E-state index in [0.29, 0.717) is 11.1 Å². The van der Waals surface area contributed by atoms with Crippen LogP contribution in [0.1, 0.15) is 83.0 Å². The number of ketones is 2. The summed E-state index contributed by atoms with van der Waals surface area (Å²) >= 11 is 1.82. The molecule has 2 aliphatic rings. The number of aryl methyl sites for hydroxylation is 1. The Bertz CT molecular complexity index is 1300. The first-order valence-electron chi connectivity index (χ1n) is 12.3. The van der Waals surface area contributed by atoms with E-state index in [0.717, 1.165) is 12.0 Å². The third-order valence-corrected chi connectivity index (χ3v) is 8.34. The van der Waals surface area contributed by atoms with E-state index in [1.807, 2.05) is 29.5 Å². The van der Waals surface area contributed by atoms with E-state index < -0.39 is 11.6 Å². The molecule has 2 aromatic carbocycles. The van der Waals surface area contributed by atoms with Crippen LogP contribution in [0.2, 0.25) is 0 Å². The van der Waals surface area contributed by atoms with Crippen molar-refractivity contribution in [1.29, 1.82) is 0 Å². The SMILES string of the molecule is CC1=C(C2=C(c3cc(-c4ccc(C(=O)C(=O)c5ccccc5)cc4)sc3C)CCC2)CCCC1. The van der Waals surface area contributed by atoms with E-state index in [1.165, 1.54) is 53.8 Å². The minimum atomic E-state index is -0.462. The van der Waals surface area contributed by atoms with Crippen molar-refractivity contribution in [3.05, 3.63) is 99.0 Å². The van der Waals surface area contributed by atoms with Crippen molar-refractivity contribution in [2.24, 2.45) is 0 Å². The summed E-state index contributed by atoms with van der Waals surface area (Å²) in [6, 6.07) is 18.6. The summed E-state index contributed by atoms with van der Waals surface area (Å²) in [6.45, 7) is 4.56. The number of allylic oxidation sites excluding steroid dienone is 4. The summed E-state index contributed by atoms with van der Waals surface area (Å²) < 4.78 is 0. The minimum Gasteiger partial charge on any atom is -0.285 e. The molecule has 0 saturated carbocycles. The third kappa shape index (κ3) is 4.37. The lowest BCUT2D eigenvalue weighted by molar-refractivity contribution is 0.0817. The summed E-state index contributed by atoms with van der Waals surface area (Å²) in [4.78, 5) is 27.8. The Morgan fingerprint density at radius 1 is 0.676 bits per heavy atom. The lowest BCUT2D eigenvalue weighted by Gasteiger charge is -2.20. The molecule has 3 aromatic rings. The predicted octanol–water partition coefficient (Wildman–Crippen LogP) is 8.62. The summed E-state index contributed by atoms with van der Waals surface area (Å²) in [6.07, 6.45) is 8.75. The average Bonchev–Trinajstić information content (AvgIpc) is 3.50. The number of hydrogen-bond acceptors (Lipinski definition) is 3. The Morgan fingerprint density at radius 3 is 2.00 bits per heavy atom. The van der Waals surface area contributed by atoms with Gasteiger partial charge in [0.2, 0.25) is 11.6 Å². The molecule has 0 aliphatic heterocycles. The Balaban J connectivity index is 1.42. The van der Waals surface area contributed by atoms with Crippen molar-refractivity contribution in [2.75, 3.05) is 0 Å². The molecule has 5 rings (SSSR count). The molecule has 2 aliphatic carbocycles. The van der Waals surface area contributed by atoms with Crippen molar-refractivity contribution in [1.82, 2.24) is 0 Å². The largest absolute Gasteiger partial charge is 0.285 e. The van der Waals surface area contributed by atoms with Gasteiger partial charge in [-0.2, -0.15) is 0 Å². The second-order valence-corrected chi connectivity index (χ2v) is 10.7. The third-order valence-electron chi connectivity index (χ3n) is 7.24. The maximum atomic E-state index is 12.7. The normalized spacial score (nSPS) is 16.3. The smallest absolute Gasteiger partial charge is 0.233 e. The van der Waals surface area contributed by atoms with E-state index in [9.17, 15) is 9.59 Å². The molecule has 0 spiro atoms. The standard InChI is InChI=1S/C31H30O2S/c1-20-9-6-7-12-25(20)26-13-8-14-27(26)28-19-29(34-21(28)2)22-15-17-24(18-16-22)31(33)30(32)23-10-4-3-5-11-23/h3-5,10-11,15-19H,6-9,12-14H2,1-2H3. The minimum absolute atomic E-state index is 0.430. The molecule has 1 aromatic heterocycles. The molecule has 1 heterocycles. The first-order valence-corrected chi connectivity index (χ1v) is 13.1. The molecule has 0 atom stereocenters. The van der Waals surface area contributed by atoms with Crippen LogP contribution in [0.3, 0.4) is 0 Å². The van der Waals surface area contributed by atoms with Gasteiger partial charge in [-0.1, -0.05) is 60.2 Å². The monoisotopic (exact) mass is 466 g/mol. The van der Waals surface area contributed by atoms with E-state index in [2.05, 4.69) is 19.9 Å². The summed E-state index contributed by atoms with van der Waals surface area (Å²) in [5, 5.41) is 0. The molecule has 0 amide bonds. The zero-order valence-electron chi connectivity index (χ0n) is 19.9. The zero-order chi connectivity index (χ0) is 23.7. The highest BCUT2D eigenvalue weighted by atomic mass is 32.1. The van der Waals surface area contributed by atoms with Crippen LogP contribution in [0, 0.1) is 6.92 Å². The van der Waals surface area contributed by atoms with E-state index in [-0.39, 0.29) is 0 Å². The molecule has 0 bridgehead atoms. The number of hydrogen-bond donors (Lipinski definition) is 0. The quantitative estimate of drug-likeness (QED) is 0.269. The van der Waals surface area contributed by atoms with Gasteiger partial charge in [-0.05, 0) is 92.7 Å². The second kappa shape index (κ2) is 9.68. The van der Waals surface area contributed by atoms with Crippen molar-refractivity contribution in [3.63, 3.8) is 0 Å². The molecule has 0 fully saturated rings. The summed E-state index contributed by atoms with van der Waals surface area (Å²) in [5.41, 5.74) is 9.76. The van der Waals surface area contributed by atoms with Gasteiger partial charge in [0, 0.05) is 20.9 Å². The molecule has 0 N–H and O–H groups in total. The van der Waals surface area contributed by atoms with Gasteiger partial charge in [-0.25, -0.2) is 0 Å². The van der Waals surface area contributed by atoms with Gasteiger partial charge in [-0.15, -0.1) is 11.3 Å². The van der Waals surface area contributed by atoms with Crippen molar-refractivity contribution < 1.29 is 9.59 Å². The van der Waals surface area contributed by atoms with Crippen molar-refractivity contribution >= 4 is 28.5 Å². The number of rotatable bonds is 6. The van der Waals surface area contributed by atoms with Crippen molar-refractivity contribution in [3.8, 4) is 10.4 Å². The molecule has 34 heavy (non-hydrogen) atoms. The first kappa shape index (κ1) is 22.7. The van der Waals surface area contributed by atoms with E-state index >= 15 is 0 Å².